The van der Waals surface area contributed by atoms with Crippen LogP contribution in [0.25, 0.3) is 10.6 Å². The Hall–Kier alpha value is -2.60. The summed E-state index contributed by atoms with van der Waals surface area (Å²) in [5.41, 5.74) is 1.96. The molecule has 1 heterocycles. The van der Waals surface area contributed by atoms with Gasteiger partial charge >= 0.3 is 0 Å². The van der Waals surface area contributed by atoms with Crippen LogP contribution >= 0.6 is 11.8 Å². The lowest BCUT2D eigenvalue weighted by molar-refractivity contribution is 0.206. The van der Waals surface area contributed by atoms with Crippen LogP contribution < -0.4 is 10.1 Å². The second-order valence-electron chi connectivity index (χ2n) is 8.71. The highest BCUT2D eigenvalue weighted by Gasteiger charge is 2.21. The zero-order valence-electron chi connectivity index (χ0n) is 20.7. The van der Waals surface area contributed by atoms with Crippen LogP contribution in [-0.4, -0.2) is 16.6 Å². The summed E-state index contributed by atoms with van der Waals surface area (Å²) < 4.78 is 20.1. The number of benzene rings is 1. The van der Waals surface area contributed by atoms with Crippen molar-refractivity contribution >= 4 is 22.4 Å². The van der Waals surface area contributed by atoms with Crippen LogP contribution in [0, 0.1) is 5.92 Å². The Morgan fingerprint density at radius 3 is 2.42 bits per heavy atom. The largest absolute Gasteiger partial charge is 0.493 e. The zero-order chi connectivity index (χ0) is 24.6. The molecule has 1 N–H and O–H groups in total. The number of ether oxygens (including phenoxy) is 1. The Labute approximate surface area is 202 Å². The lowest BCUT2D eigenvalue weighted by atomic mass is 10.1. The van der Waals surface area contributed by atoms with Gasteiger partial charge in [-0.3, -0.25) is 0 Å². The van der Waals surface area contributed by atoms with E-state index in [1.54, 1.807) is 24.2 Å². The molecule has 2 rings (SSSR count). The summed E-state index contributed by atoms with van der Waals surface area (Å²) in [6, 6.07) is 6.09. The average molecular weight is 470 g/mol. The maximum Gasteiger partial charge on any atom is 0.165 e. The topological polar surface area (TPSA) is 47.0 Å². The quantitative estimate of drug-likeness (QED) is 0.349. The van der Waals surface area contributed by atoms with Gasteiger partial charge in [-0.2, -0.15) is 0 Å². The maximum atomic E-state index is 14.0. The van der Waals surface area contributed by atoms with Gasteiger partial charge in [0, 0.05) is 40.7 Å². The highest BCUT2D eigenvalue weighted by Crippen LogP contribution is 2.35. The molecule has 0 spiro atoms. The molecule has 0 aliphatic rings. The Kier molecular flexibility index (Phi) is 9.71. The van der Waals surface area contributed by atoms with Crippen molar-refractivity contribution in [2.75, 3.05) is 6.61 Å². The highest BCUT2D eigenvalue weighted by atomic mass is 32.2. The van der Waals surface area contributed by atoms with Gasteiger partial charge in [-0.25, -0.2) is 14.4 Å². The molecule has 1 aromatic carbocycles. The molecule has 178 valence electrons. The van der Waals surface area contributed by atoms with Gasteiger partial charge in [0.2, 0.25) is 0 Å². The molecule has 0 aliphatic carbocycles. The van der Waals surface area contributed by atoms with E-state index in [-0.39, 0.29) is 5.82 Å². The van der Waals surface area contributed by atoms with Gasteiger partial charge in [0.1, 0.15) is 5.75 Å². The Bertz CT molecular complexity index is 993. The van der Waals surface area contributed by atoms with Gasteiger partial charge < -0.3 is 10.1 Å². The highest BCUT2D eigenvalue weighted by molar-refractivity contribution is 8.11. The SMILES string of the molecule is C=C(NCc1cnc(C(C)(C)F)nc1)c1cc(OC[C@H](C)CC)cc(C(=C)S/C(C)=C\C)c1. The van der Waals surface area contributed by atoms with Crippen molar-refractivity contribution in [3.05, 3.63) is 77.2 Å². The Balaban J connectivity index is 2.20. The lowest BCUT2D eigenvalue weighted by Gasteiger charge is -2.17. The molecule has 0 aliphatic heterocycles. The molecule has 1 aromatic heterocycles. The Morgan fingerprint density at radius 2 is 1.85 bits per heavy atom. The van der Waals surface area contributed by atoms with Crippen LogP contribution in [0.5, 0.6) is 5.75 Å². The molecular weight excluding hydrogens is 433 g/mol. The minimum absolute atomic E-state index is 0.174. The smallest absolute Gasteiger partial charge is 0.165 e. The third-order valence-electron chi connectivity index (χ3n) is 5.24. The molecule has 4 nitrogen and oxygen atoms in total. The third-order valence-corrected chi connectivity index (χ3v) is 6.28. The standard InChI is InChI=1S/C27H36FN3OS/c1-9-18(3)17-32-25-12-23(11-24(13-25)21(6)33-19(4)10-2)20(5)29-14-22-15-30-26(31-16-22)27(7,8)28/h10-13,15-16,18,29H,5-6,9,14,17H2,1-4,7-8H3/b19-10-/t18-/m1/s1. The minimum atomic E-state index is -1.56. The second kappa shape index (κ2) is 12.0. The van der Waals surface area contributed by atoms with Crippen LogP contribution in [0.4, 0.5) is 4.39 Å². The molecule has 2 aromatic rings. The molecule has 0 amide bonds. The van der Waals surface area contributed by atoms with Gasteiger partial charge in [0.25, 0.3) is 0 Å². The van der Waals surface area contributed by atoms with E-state index in [0.29, 0.717) is 19.1 Å². The van der Waals surface area contributed by atoms with Crippen molar-refractivity contribution in [2.24, 2.45) is 5.92 Å². The number of halogens is 1. The monoisotopic (exact) mass is 469 g/mol. The summed E-state index contributed by atoms with van der Waals surface area (Å²) in [6.07, 6.45) is 6.40. The number of allylic oxidation sites excluding steroid dienone is 2. The number of rotatable bonds is 12. The van der Waals surface area contributed by atoms with Crippen molar-refractivity contribution in [1.82, 2.24) is 15.3 Å². The summed E-state index contributed by atoms with van der Waals surface area (Å²) >= 11 is 1.64. The van der Waals surface area contributed by atoms with Crippen molar-refractivity contribution in [1.29, 1.82) is 0 Å². The fraction of sp³-hybridized carbons (Fsp3) is 0.407. The summed E-state index contributed by atoms with van der Waals surface area (Å²) in [5, 5.41) is 3.32. The van der Waals surface area contributed by atoms with Crippen LogP contribution in [-0.2, 0) is 12.2 Å². The van der Waals surface area contributed by atoms with E-state index < -0.39 is 5.67 Å². The molecule has 0 radical (unpaired) electrons. The fourth-order valence-corrected chi connectivity index (χ4v) is 3.49. The number of aromatic nitrogens is 2. The molecule has 0 saturated carbocycles. The predicted octanol–water partition coefficient (Wildman–Crippen LogP) is 7.49. The van der Waals surface area contributed by atoms with Crippen LogP contribution in [0.2, 0.25) is 0 Å². The fourth-order valence-electron chi connectivity index (χ4n) is 2.75. The van der Waals surface area contributed by atoms with Gasteiger partial charge in [-0.1, -0.05) is 51.3 Å². The van der Waals surface area contributed by atoms with Gasteiger partial charge in [-0.15, -0.1) is 0 Å². The van der Waals surface area contributed by atoms with E-state index in [2.05, 4.69) is 61.4 Å². The molecule has 1 atom stereocenters. The van der Waals surface area contributed by atoms with E-state index >= 15 is 0 Å². The first-order valence-corrected chi connectivity index (χ1v) is 12.1. The summed E-state index contributed by atoms with van der Waals surface area (Å²) in [5.74, 6) is 1.44. The van der Waals surface area contributed by atoms with Crippen molar-refractivity contribution in [3.63, 3.8) is 0 Å². The van der Waals surface area contributed by atoms with E-state index in [0.717, 1.165) is 39.5 Å². The van der Waals surface area contributed by atoms with Gasteiger partial charge in [-0.05, 0) is 62.3 Å². The number of alkyl halides is 1. The minimum Gasteiger partial charge on any atom is -0.493 e. The van der Waals surface area contributed by atoms with E-state index in [4.69, 9.17) is 4.74 Å². The molecule has 0 fully saturated rings. The van der Waals surface area contributed by atoms with Crippen molar-refractivity contribution in [3.8, 4) is 5.75 Å². The van der Waals surface area contributed by atoms with E-state index in [1.807, 2.05) is 19.1 Å². The summed E-state index contributed by atoms with van der Waals surface area (Å²) in [6.45, 7) is 20.9. The molecule has 33 heavy (non-hydrogen) atoms. The first-order chi connectivity index (χ1) is 15.5. The van der Waals surface area contributed by atoms with Gasteiger partial charge in [0.05, 0.1) is 6.61 Å². The third kappa shape index (κ3) is 8.35. The van der Waals surface area contributed by atoms with Gasteiger partial charge in [0.15, 0.2) is 11.5 Å². The number of hydrogen-bond donors (Lipinski definition) is 1. The molecule has 0 saturated heterocycles. The first kappa shape index (κ1) is 26.7. The molecule has 6 heteroatoms. The normalized spacial score (nSPS) is 12.9. The van der Waals surface area contributed by atoms with Crippen LogP contribution in [0.15, 0.2) is 54.7 Å². The van der Waals surface area contributed by atoms with E-state index in [9.17, 15) is 4.39 Å². The summed E-state index contributed by atoms with van der Waals surface area (Å²) in [4.78, 5) is 10.4. The number of hydrogen-bond acceptors (Lipinski definition) is 5. The van der Waals surface area contributed by atoms with Crippen LogP contribution in [0.1, 0.15) is 70.5 Å². The lowest BCUT2D eigenvalue weighted by Crippen LogP contribution is -2.16. The molecule has 0 unspecified atom stereocenters. The summed E-state index contributed by atoms with van der Waals surface area (Å²) in [7, 11) is 0. The second-order valence-corrected chi connectivity index (χ2v) is 10.1. The average Bonchev–Trinajstić information content (AvgIpc) is 2.80. The zero-order valence-corrected chi connectivity index (χ0v) is 21.5. The van der Waals surface area contributed by atoms with Crippen LogP contribution in [0.3, 0.4) is 0 Å². The van der Waals surface area contributed by atoms with Crippen molar-refractivity contribution in [2.45, 2.75) is 60.2 Å². The predicted molar refractivity (Wildman–Crippen MR) is 139 cm³/mol. The Morgan fingerprint density at radius 1 is 1.21 bits per heavy atom. The van der Waals surface area contributed by atoms with Crippen molar-refractivity contribution < 1.29 is 9.13 Å². The number of nitrogens with zero attached hydrogens (tertiary/aromatic N) is 2. The maximum absolute atomic E-state index is 14.0. The number of thioether (sulfide) groups is 1. The molecule has 0 bridgehead atoms. The first-order valence-electron chi connectivity index (χ1n) is 11.2. The van der Waals surface area contributed by atoms with E-state index in [1.165, 1.54) is 18.8 Å². The number of nitrogens with one attached hydrogen (secondary N) is 1. The molecular formula is C27H36FN3OS.